The summed E-state index contributed by atoms with van der Waals surface area (Å²) in [6.07, 6.45) is 1.60. The predicted octanol–water partition coefficient (Wildman–Crippen LogP) is 1.71. The number of benzene rings is 1. The fraction of sp³-hybridized carbons (Fsp3) is 0.429. The molecular weight excluding hydrogens is 265 g/mol. The first-order valence-corrected chi connectivity index (χ1v) is 6.32. The van der Waals surface area contributed by atoms with E-state index in [-0.39, 0.29) is 17.7 Å². The summed E-state index contributed by atoms with van der Waals surface area (Å²) >= 11 is 0. The summed E-state index contributed by atoms with van der Waals surface area (Å²) < 4.78 is 18.3. The minimum absolute atomic E-state index is 0.0526. The minimum atomic E-state index is -1.17. The predicted molar refractivity (Wildman–Crippen MR) is 68.8 cm³/mol. The van der Waals surface area contributed by atoms with Gasteiger partial charge >= 0.3 is 5.97 Å². The lowest BCUT2D eigenvalue weighted by Crippen LogP contribution is -2.59. The molecule has 0 unspecified atom stereocenters. The van der Waals surface area contributed by atoms with Crippen LogP contribution >= 0.6 is 0 Å². The number of rotatable bonds is 5. The SMILES string of the molecule is COCc1cc(C(=O)NC2(C(=O)O)CCC2)ccc1F. The summed E-state index contributed by atoms with van der Waals surface area (Å²) in [6, 6.07) is 3.89. The number of methoxy groups -OCH3 is 1. The highest BCUT2D eigenvalue weighted by Gasteiger charge is 2.45. The van der Waals surface area contributed by atoms with Crippen LogP contribution in [0, 0.1) is 5.82 Å². The van der Waals surface area contributed by atoms with Crippen LogP contribution in [-0.4, -0.2) is 29.6 Å². The van der Waals surface area contributed by atoms with Crippen LogP contribution in [0.25, 0.3) is 0 Å². The Kier molecular flexibility index (Phi) is 4.04. The van der Waals surface area contributed by atoms with E-state index in [0.717, 1.165) is 6.42 Å². The number of aliphatic carboxylic acids is 1. The summed E-state index contributed by atoms with van der Waals surface area (Å²) in [5.41, 5.74) is -0.684. The topological polar surface area (TPSA) is 75.6 Å². The molecular formula is C14H16FNO4. The molecule has 20 heavy (non-hydrogen) atoms. The number of hydrogen-bond donors (Lipinski definition) is 2. The van der Waals surface area contributed by atoms with Gasteiger partial charge in [-0.05, 0) is 37.5 Å². The van der Waals surface area contributed by atoms with Crippen molar-refractivity contribution >= 4 is 11.9 Å². The van der Waals surface area contributed by atoms with E-state index in [0.29, 0.717) is 12.8 Å². The third-order valence-corrected chi connectivity index (χ3v) is 3.58. The van der Waals surface area contributed by atoms with E-state index in [4.69, 9.17) is 9.84 Å². The zero-order valence-corrected chi connectivity index (χ0v) is 11.1. The Balaban J connectivity index is 2.17. The zero-order chi connectivity index (χ0) is 14.8. The van der Waals surface area contributed by atoms with Gasteiger partial charge < -0.3 is 15.2 Å². The van der Waals surface area contributed by atoms with Crippen molar-refractivity contribution in [3.8, 4) is 0 Å². The molecule has 0 heterocycles. The number of nitrogens with one attached hydrogen (secondary N) is 1. The molecule has 0 bridgehead atoms. The van der Waals surface area contributed by atoms with Gasteiger partial charge in [0, 0.05) is 18.2 Å². The molecule has 1 amide bonds. The van der Waals surface area contributed by atoms with Crippen LogP contribution < -0.4 is 5.32 Å². The molecule has 1 aliphatic carbocycles. The summed E-state index contributed by atoms with van der Waals surface area (Å²) in [4.78, 5) is 23.3. The van der Waals surface area contributed by atoms with Gasteiger partial charge in [0.15, 0.2) is 0 Å². The van der Waals surface area contributed by atoms with Crippen molar-refractivity contribution in [2.45, 2.75) is 31.4 Å². The minimum Gasteiger partial charge on any atom is -0.480 e. The van der Waals surface area contributed by atoms with E-state index in [9.17, 15) is 14.0 Å². The Morgan fingerprint density at radius 1 is 1.45 bits per heavy atom. The second-order valence-electron chi connectivity index (χ2n) is 4.93. The molecule has 1 saturated carbocycles. The third kappa shape index (κ3) is 2.65. The molecule has 5 nitrogen and oxygen atoms in total. The van der Waals surface area contributed by atoms with E-state index < -0.39 is 23.2 Å². The van der Waals surface area contributed by atoms with Crippen molar-refractivity contribution < 1.29 is 23.8 Å². The highest BCUT2D eigenvalue weighted by atomic mass is 19.1. The number of carboxylic acids is 1. The van der Waals surface area contributed by atoms with E-state index in [2.05, 4.69) is 5.32 Å². The van der Waals surface area contributed by atoms with Gasteiger partial charge in [-0.25, -0.2) is 9.18 Å². The van der Waals surface area contributed by atoms with E-state index in [1.165, 1.54) is 25.3 Å². The summed E-state index contributed by atoms with van der Waals surface area (Å²) in [5.74, 6) is -2.00. The van der Waals surface area contributed by atoms with Crippen LogP contribution in [0.4, 0.5) is 4.39 Å². The molecule has 0 aromatic heterocycles. The first-order chi connectivity index (χ1) is 9.48. The third-order valence-electron chi connectivity index (χ3n) is 3.58. The molecule has 0 aliphatic heterocycles. The second-order valence-corrected chi connectivity index (χ2v) is 4.93. The van der Waals surface area contributed by atoms with E-state index in [1.54, 1.807) is 0 Å². The van der Waals surface area contributed by atoms with Gasteiger partial charge in [-0.15, -0.1) is 0 Å². The fourth-order valence-corrected chi connectivity index (χ4v) is 2.19. The van der Waals surface area contributed by atoms with Gasteiger partial charge in [-0.1, -0.05) is 0 Å². The lowest BCUT2D eigenvalue weighted by Gasteiger charge is -2.38. The first-order valence-electron chi connectivity index (χ1n) is 6.32. The number of carbonyl (C=O) groups excluding carboxylic acids is 1. The molecule has 0 spiro atoms. The van der Waals surface area contributed by atoms with Gasteiger partial charge in [0.2, 0.25) is 0 Å². The number of carbonyl (C=O) groups is 2. The van der Waals surface area contributed by atoms with Crippen LogP contribution in [0.2, 0.25) is 0 Å². The van der Waals surface area contributed by atoms with Crippen molar-refractivity contribution in [1.29, 1.82) is 0 Å². The van der Waals surface area contributed by atoms with E-state index >= 15 is 0 Å². The highest BCUT2D eigenvalue weighted by molar-refractivity contribution is 5.98. The molecule has 6 heteroatoms. The molecule has 2 rings (SSSR count). The monoisotopic (exact) mass is 281 g/mol. The molecule has 1 fully saturated rings. The van der Waals surface area contributed by atoms with Crippen LogP contribution in [-0.2, 0) is 16.1 Å². The Bertz CT molecular complexity index is 540. The maximum atomic E-state index is 13.5. The molecule has 0 atom stereocenters. The van der Waals surface area contributed by atoms with Gasteiger partial charge in [0.05, 0.1) is 6.61 Å². The van der Waals surface area contributed by atoms with Gasteiger partial charge in [0.1, 0.15) is 11.4 Å². The quantitative estimate of drug-likeness (QED) is 0.861. The largest absolute Gasteiger partial charge is 0.480 e. The number of amides is 1. The normalized spacial score (nSPS) is 16.3. The van der Waals surface area contributed by atoms with Crippen molar-refractivity contribution in [1.82, 2.24) is 5.32 Å². The molecule has 1 aromatic carbocycles. The first kappa shape index (κ1) is 14.5. The average molecular weight is 281 g/mol. The maximum absolute atomic E-state index is 13.5. The standard InChI is InChI=1S/C14H16FNO4/c1-20-8-10-7-9(3-4-11(10)15)12(17)16-14(13(18)19)5-2-6-14/h3-4,7H,2,5-6,8H2,1H3,(H,16,17)(H,18,19). The second kappa shape index (κ2) is 5.58. The van der Waals surface area contributed by atoms with Crippen molar-refractivity contribution in [3.63, 3.8) is 0 Å². The van der Waals surface area contributed by atoms with Crippen LogP contribution in [0.1, 0.15) is 35.2 Å². The van der Waals surface area contributed by atoms with Gasteiger partial charge in [-0.3, -0.25) is 4.79 Å². The molecule has 0 saturated heterocycles. The van der Waals surface area contributed by atoms with E-state index in [1.807, 2.05) is 0 Å². The maximum Gasteiger partial charge on any atom is 0.329 e. The number of hydrogen-bond acceptors (Lipinski definition) is 3. The Morgan fingerprint density at radius 2 is 2.15 bits per heavy atom. The Morgan fingerprint density at radius 3 is 2.65 bits per heavy atom. The molecule has 1 aromatic rings. The number of ether oxygens (including phenoxy) is 1. The summed E-state index contributed by atoms with van der Waals surface area (Å²) in [7, 11) is 1.43. The van der Waals surface area contributed by atoms with Crippen LogP contribution in [0.3, 0.4) is 0 Å². The molecule has 0 radical (unpaired) electrons. The van der Waals surface area contributed by atoms with Crippen molar-refractivity contribution in [2.75, 3.05) is 7.11 Å². The Hall–Kier alpha value is -1.95. The molecule has 108 valence electrons. The fourth-order valence-electron chi connectivity index (χ4n) is 2.19. The average Bonchev–Trinajstić information content (AvgIpc) is 2.36. The zero-order valence-electron chi connectivity index (χ0n) is 11.1. The smallest absolute Gasteiger partial charge is 0.329 e. The lowest BCUT2D eigenvalue weighted by molar-refractivity contribution is -0.148. The number of halogens is 1. The molecule has 1 aliphatic rings. The van der Waals surface area contributed by atoms with Crippen molar-refractivity contribution in [3.05, 3.63) is 35.1 Å². The van der Waals surface area contributed by atoms with Gasteiger partial charge in [-0.2, -0.15) is 0 Å². The Labute approximate surface area is 115 Å². The highest BCUT2D eigenvalue weighted by Crippen LogP contribution is 2.32. The van der Waals surface area contributed by atoms with Gasteiger partial charge in [0.25, 0.3) is 5.91 Å². The summed E-state index contributed by atoms with van der Waals surface area (Å²) in [5, 5.41) is 11.7. The lowest BCUT2D eigenvalue weighted by atomic mass is 9.76. The molecule has 2 N–H and O–H groups in total. The van der Waals surface area contributed by atoms with Crippen LogP contribution in [0.5, 0.6) is 0 Å². The van der Waals surface area contributed by atoms with Crippen LogP contribution in [0.15, 0.2) is 18.2 Å². The number of carboxylic acid groups (broad SMARTS) is 1. The summed E-state index contributed by atoms with van der Waals surface area (Å²) in [6.45, 7) is 0.0526. The van der Waals surface area contributed by atoms with Crippen molar-refractivity contribution in [2.24, 2.45) is 0 Å².